The highest BCUT2D eigenvalue weighted by Gasteiger charge is 2.13. The molecule has 1 heterocycles. The molecule has 2 aromatic rings. The van der Waals surface area contributed by atoms with Crippen LogP contribution in [0.15, 0.2) is 28.8 Å². The summed E-state index contributed by atoms with van der Waals surface area (Å²) in [5, 5.41) is 21.9. The maximum absolute atomic E-state index is 8.97. The third kappa shape index (κ3) is 3.63. The van der Waals surface area contributed by atoms with Crippen molar-refractivity contribution in [2.24, 2.45) is 0 Å². The second kappa shape index (κ2) is 7.14. The molecule has 0 bridgehead atoms. The van der Waals surface area contributed by atoms with E-state index in [9.17, 15) is 0 Å². The van der Waals surface area contributed by atoms with E-state index >= 15 is 0 Å². The van der Waals surface area contributed by atoms with E-state index in [1.54, 1.807) is 0 Å². The minimum atomic E-state index is 0.0266. The predicted molar refractivity (Wildman–Crippen MR) is 73.9 cm³/mol. The number of nitrogens with zero attached hydrogens (tertiary/aromatic N) is 3. The number of hydrogen-bond donors (Lipinski definition) is 2. The molecule has 0 radical (unpaired) electrons. The maximum Gasteiger partial charge on any atom is 0.241 e. The lowest BCUT2D eigenvalue weighted by Crippen LogP contribution is -2.29. The Balaban J connectivity index is 2.10. The van der Waals surface area contributed by atoms with Crippen molar-refractivity contribution in [3.05, 3.63) is 35.7 Å². The van der Waals surface area contributed by atoms with Crippen molar-refractivity contribution in [3.8, 4) is 11.4 Å². The minimum Gasteiger partial charge on any atom is -0.395 e. The number of aryl methyl sites for hydroxylation is 1. The second-order valence-corrected chi connectivity index (χ2v) is 4.55. The summed E-state index contributed by atoms with van der Waals surface area (Å²) < 4.78 is 5.23. The van der Waals surface area contributed by atoms with E-state index in [1.807, 2.05) is 36.1 Å². The molecular formula is C14H19N3O3. The molecule has 0 aliphatic rings. The molecule has 0 atom stereocenters. The Bertz CT molecular complexity index is 536. The highest BCUT2D eigenvalue weighted by molar-refractivity contribution is 5.58. The fourth-order valence-electron chi connectivity index (χ4n) is 2.00. The van der Waals surface area contributed by atoms with Crippen LogP contribution in [0.3, 0.4) is 0 Å². The Kier molecular flexibility index (Phi) is 5.23. The van der Waals surface area contributed by atoms with Crippen molar-refractivity contribution in [1.82, 2.24) is 15.0 Å². The third-order valence-corrected chi connectivity index (χ3v) is 3.05. The monoisotopic (exact) mass is 277 g/mol. The Labute approximate surface area is 117 Å². The minimum absolute atomic E-state index is 0.0266. The molecule has 0 saturated heterocycles. The summed E-state index contributed by atoms with van der Waals surface area (Å²) in [6.45, 7) is 3.39. The van der Waals surface area contributed by atoms with Gasteiger partial charge >= 0.3 is 0 Å². The number of rotatable bonds is 7. The molecule has 6 heteroatoms. The fraction of sp³-hybridized carbons (Fsp3) is 0.429. The summed E-state index contributed by atoms with van der Waals surface area (Å²) >= 11 is 0. The SMILES string of the molecule is Cc1ccccc1-c1noc(CN(CCO)CCO)n1. The van der Waals surface area contributed by atoms with Crippen molar-refractivity contribution < 1.29 is 14.7 Å². The fourth-order valence-corrected chi connectivity index (χ4v) is 2.00. The van der Waals surface area contributed by atoms with Gasteiger partial charge in [-0.15, -0.1) is 0 Å². The van der Waals surface area contributed by atoms with Gasteiger partial charge in [-0.25, -0.2) is 0 Å². The van der Waals surface area contributed by atoms with Gasteiger partial charge in [-0.1, -0.05) is 29.4 Å². The standard InChI is InChI=1S/C14H19N3O3/c1-11-4-2-3-5-12(11)14-15-13(20-16-14)10-17(6-8-18)7-9-19/h2-5,18-19H,6-10H2,1H3. The van der Waals surface area contributed by atoms with Gasteiger partial charge in [0.15, 0.2) is 0 Å². The van der Waals surface area contributed by atoms with Crippen LogP contribution in [0.4, 0.5) is 0 Å². The number of aliphatic hydroxyl groups is 2. The molecule has 1 aromatic carbocycles. The molecule has 0 aliphatic carbocycles. The molecule has 20 heavy (non-hydrogen) atoms. The molecule has 0 fully saturated rings. The van der Waals surface area contributed by atoms with E-state index in [4.69, 9.17) is 14.7 Å². The molecule has 0 unspecified atom stereocenters. The van der Waals surface area contributed by atoms with Gasteiger partial charge in [0.05, 0.1) is 19.8 Å². The Hall–Kier alpha value is -1.76. The largest absolute Gasteiger partial charge is 0.395 e. The third-order valence-electron chi connectivity index (χ3n) is 3.05. The molecule has 0 spiro atoms. The molecule has 6 nitrogen and oxygen atoms in total. The van der Waals surface area contributed by atoms with E-state index in [2.05, 4.69) is 10.1 Å². The van der Waals surface area contributed by atoms with Gasteiger partial charge in [0.25, 0.3) is 0 Å². The zero-order valence-corrected chi connectivity index (χ0v) is 11.5. The molecule has 0 amide bonds. The molecule has 0 aliphatic heterocycles. The van der Waals surface area contributed by atoms with Crippen LogP contribution in [0, 0.1) is 6.92 Å². The summed E-state index contributed by atoms with van der Waals surface area (Å²) in [5.74, 6) is 1.04. The van der Waals surface area contributed by atoms with Crippen LogP contribution in [0.2, 0.25) is 0 Å². The van der Waals surface area contributed by atoms with E-state index in [0.29, 0.717) is 31.3 Å². The Morgan fingerprint density at radius 2 is 1.85 bits per heavy atom. The van der Waals surface area contributed by atoms with Crippen molar-refractivity contribution >= 4 is 0 Å². The van der Waals surface area contributed by atoms with Crippen LogP contribution >= 0.6 is 0 Å². The van der Waals surface area contributed by atoms with Gasteiger partial charge in [-0.05, 0) is 12.5 Å². The van der Waals surface area contributed by atoms with E-state index in [-0.39, 0.29) is 13.2 Å². The molecule has 0 saturated carbocycles. The first-order chi connectivity index (χ1) is 9.74. The average Bonchev–Trinajstić information content (AvgIpc) is 2.88. The quantitative estimate of drug-likeness (QED) is 0.780. The molecule has 108 valence electrons. The lowest BCUT2D eigenvalue weighted by Gasteiger charge is -2.17. The highest BCUT2D eigenvalue weighted by atomic mass is 16.5. The van der Waals surface area contributed by atoms with Crippen LogP contribution in [0.25, 0.3) is 11.4 Å². The van der Waals surface area contributed by atoms with Crippen LogP contribution in [0.1, 0.15) is 11.5 Å². The summed E-state index contributed by atoms with van der Waals surface area (Å²) in [6.07, 6.45) is 0. The van der Waals surface area contributed by atoms with Crippen molar-refractivity contribution in [1.29, 1.82) is 0 Å². The van der Waals surface area contributed by atoms with Gasteiger partial charge in [0.1, 0.15) is 0 Å². The Morgan fingerprint density at radius 3 is 2.50 bits per heavy atom. The second-order valence-electron chi connectivity index (χ2n) is 4.55. The summed E-state index contributed by atoms with van der Waals surface area (Å²) in [7, 11) is 0. The predicted octanol–water partition coefficient (Wildman–Crippen LogP) is 0.832. The summed E-state index contributed by atoms with van der Waals surface area (Å²) in [5.41, 5.74) is 2.03. The first-order valence-corrected chi connectivity index (χ1v) is 6.57. The molecular weight excluding hydrogens is 258 g/mol. The van der Waals surface area contributed by atoms with E-state index in [0.717, 1.165) is 11.1 Å². The summed E-state index contributed by atoms with van der Waals surface area (Å²) in [6, 6.07) is 7.84. The van der Waals surface area contributed by atoms with Crippen molar-refractivity contribution in [2.75, 3.05) is 26.3 Å². The molecule has 2 N–H and O–H groups in total. The van der Waals surface area contributed by atoms with E-state index < -0.39 is 0 Å². The lowest BCUT2D eigenvalue weighted by atomic mass is 10.1. The van der Waals surface area contributed by atoms with Crippen LogP contribution in [-0.4, -0.2) is 51.6 Å². The zero-order chi connectivity index (χ0) is 14.4. The number of aromatic nitrogens is 2. The average molecular weight is 277 g/mol. The van der Waals surface area contributed by atoms with Gasteiger partial charge in [-0.2, -0.15) is 4.98 Å². The van der Waals surface area contributed by atoms with Crippen LogP contribution < -0.4 is 0 Å². The normalized spacial score (nSPS) is 11.2. The number of benzene rings is 1. The lowest BCUT2D eigenvalue weighted by molar-refractivity contribution is 0.143. The topological polar surface area (TPSA) is 82.6 Å². The Morgan fingerprint density at radius 1 is 1.15 bits per heavy atom. The maximum atomic E-state index is 8.97. The van der Waals surface area contributed by atoms with Crippen LogP contribution in [0.5, 0.6) is 0 Å². The van der Waals surface area contributed by atoms with Crippen molar-refractivity contribution in [2.45, 2.75) is 13.5 Å². The first kappa shape index (κ1) is 14.6. The smallest absolute Gasteiger partial charge is 0.241 e. The molecule has 2 rings (SSSR count). The van der Waals surface area contributed by atoms with Gasteiger partial charge in [-0.3, -0.25) is 4.90 Å². The zero-order valence-electron chi connectivity index (χ0n) is 11.5. The number of aliphatic hydroxyl groups excluding tert-OH is 2. The van der Waals surface area contributed by atoms with Gasteiger partial charge in [0.2, 0.25) is 11.7 Å². The number of hydrogen-bond acceptors (Lipinski definition) is 6. The van der Waals surface area contributed by atoms with Crippen molar-refractivity contribution in [3.63, 3.8) is 0 Å². The van der Waals surface area contributed by atoms with Gasteiger partial charge < -0.3 is 14.7 Å². The highest BCUT2D eigenvalue weighted by Crippen LogP contribution is 2.20. The first-order valence-electron chi connectivity index (χ1n) is 6.57. The summed E-state index contributed by atoms with van der Waals surface area (Å²) in [4.78, 5) is 6.22. The van der Waals surface area contributed by atoms with E-state index in [1.165, 1.54) is 0 Å². The van der Waals surface area contributed by atoms with Crippen LogP contribution in [-0.2, 0) is 6.54 Å². The molecule has 1 aromatic heterocycles. The van der Waals surface area contributed by atoms with Gasteiger partial charge in [0, 0.05) is 18.7 Å².